The van der Waals surface area contributed by atoms with Crippen LogP contribution in [0.15, 0.2) is 60.9 Å². The molecule has 2 fully saturated rings. The van der Waals surface area contributed by atoms with Crippen LogP contribution in [-0.2, 0) is 4.79 Å². The standard InChI is InChI=1S/C23H19Cl2N3O2/c24-18-8-4-3-7-15(18)16-9-10-17-21(20(16)25)27-23(30)28(22(17)29)19-12-26-11-13-5-1-2-6-14(13)19/h1-8,11-12,16-17,20-21H,9-10H2,(H,27,30). The predicted molar refractivity (Wildman–Crippen MR) is 118 cm³/mol. The second kappa shape index (κ2) is 7.56. The van der Waals surface area contributed by atoms with Crippen molar-refractivity contribution in [1.82, 2.24) is 10.3 Å². The number of nitrogens with zero attached hydrogens (tertiary/aromatic N) is 2. The average Bonchev–Trinajstić information content (AvgIpc) is 2.75. The van der Waals surface area contributed by atoms with Gasteiger partial charge >= 0.3 is 6.03 Å². The van der Waals surface area contributed by atoms with Gasteiger partial charge in [0.05, 0.1) is 29.2 Å². The first-order valence-corrected chi connectivity index (χ1v) is 10.7. The Morgan fingerprint density at radius 2 is 1.70 bits per heavy atom. The number of carbonyl (C=O) groups is 2. The van der Waals surface area contributed by atoms with Crippen LogP contribution in [0.3, 0.4) is 0 Å². The van der Waals surface area contributed by atoms with Crippen molar-refractivity contribution in [3.8, 4) is 0 Å². The minimum absolute atomic E-state index is 0.0273. The lowest BCUT2D eigenvalue weighted by molar-refractivity contribution is -0.124. The highest BCUT2D eigenvalue weighted by Gasteiger charge is 2.49. The van der Waals surface area contributed by atoms with Gasteiger partial charge in [-0.25, -0.2) is 9.69 Å². The van der Waals surface area contributed by atoms with E-state index >= 15 is 0 Å². The molecule has 2 aliphatic rings. The molecule has 1 aromatic heterocycles. The molecular weight excluding hydrogens is 421 g/mol. The zero-order valence-corrected chi connectivity index (χ0v) is 17.5. The number of alkyl halides is 1. The molecule has 7 heteroatoms. The Balaban J connectivity index is 1.48. The largest absolute Gasteiger partial charge is 0.332 e. The first kappa shape index (κ1) is 19.3. The third kappa shape index (κ3) is 3.04. The number of halogens is 2. The van der Waals surface area contributed by atoms with E-state index in [2.05, 4.69) is 10.3 Å². The van der Waals surface area contributed by atoms with Crippen molar-refractivity contribution in [2.45, 2.75) is 30.2 Å². The van der Waals surface area contributed by atoms with Gasteiger partial charge in [-0.15, -0.1) is 11.6 Å². The van der Waals surface area contributed by atoms with Crippen molar-refractivity contribution in [3.63, 3.8) is 0 Å². The number of nitrogens with one attached hydrogen (secondary N) is 1. The topological polar surface area (TPSA) is 62.3 Å². The van der Waals surface area contributed by atoms with E-state index < -0.39 is 17.5 Å². The van der Waals surface area contributed by atoms with E-state index in [1.54, 1.807) is 12.4 Å². The molecule has 4 unspecified atom stereocenters. The lowest BCUT2D eigenvalue weighted by atomic mass is 9.73. The Morgan fingerprint density at radius 1 is 0.967 bits per heavy atom. The maximum absolute atomic E-state index is 13.4. The monoisotopic (exact) mass is 439 g/mol. The van der Waals surface area contributed by atoms with Crippen molar-refractivity contribution in [3.05, 3.63) is 71.5 Å². The first-order valence-electron chi connectivity index (χ1n) is 9.92. The van der Waals surface area contributed by atoms with Gasteiger partial charge in [0.2, 0.25) is 5.91 Å². The number of imide groups is 1. The lowest BCUT2D eigenvalue weighted by Crippen LogP contribution is -2.65. The van der Waals surface area contributed by atoms with Crippen LogP contribution in [0.1, 0.15) is 24.3 Å². The predicted octanol–water partition coefficient (Wildman–Crippen LogP) is 5.11. The number of rotatable bonds is 2. The second-order valence-corrected chi connectivity index (χ2v) is 8.70. The van der Waals surface area contributed by atoms with E-state index in [-0.39, 0.29) is 17.7 Å². The van der Waals surface area contributed by atoms with Gasteiger partial charge in [0, 0.05) is 27.9 Å². The highest BCUT2D eigenvalue weighted by Crippen LogP contribution is 2.44. The molecule has 30 heavy (non-hydrogen) atoms. The zero-order valence-electron chi connectivity index (χ0n) is 16.0. The Kier molecular flexibility index (Phi) is 4.88. The number of urea groups is 1. The molecular formula is C23H19Cl2N3O2. The number of fused-ring (bicyclic) bond motifs is 2. The van der Waals surface area contributed by atoms with Crippen LogP contribution in [-0.4, -0.2) is 28.3 Å². The van der Waals surface area contributed by atoms with Crippen molar-refractivity contribution in [2.75, 3.05) is 4.90 Å². The minimum Gasteiger partial charge on any atom is -0.332 e. The van der Waals surface area contributed by atoms with Crippen LogP contribution in [0.4, 0.5) is 10.5 Å². The number of benzene rings is 2. The Bertz CT molecular complexity index is 1150. The summed E-state index contributed by atoms with van der Waals surface area (Å²) in [5.74, 6) is -0.645. The molecule has 1 aliphatic carbocycles. The van der Waals surface area contributed by atoms with E-state index in [9.17, 15) is 9.59 Å². The van der Waals surface area contributed by atoms with Crippen LogP contribution in [0.25, 0.3) is 10.8 Å². The molecule has 4 atom stereocenters. The number of hydrogen-bond acceptors (Lipinski definition) is 3. The summed E-state index contributed by atoms with van der Waals surface area (Å²) < 4.78 is 0. The number of pyridine rings is 1. The third-order valence-electron chi connectivity index (χ3n) is 6.17. The highest BCUT2D eigenvalue weighted by molar-refractivity contribution is 6.31. The lowest BCUT2D eigenvalue weighted by Gasteiger charge is -2.45. The highest BCUT2D eigenvalue weighted by atomic mass is 35.5. The molecule has 1 saturated carbocycles. The van der Waals surface area contributed by atoms with E-state index in [4.69, 9.17) is 23.2 Å². The number of hydrogen-bond donors (Lipinski definition) is 1. The molecule has 0 bridgehead atoms. The first-order chi connectivity index (χ1) is 14.6. The molecule has 5 rings (SSSR count). The van der Waals surface area contributed by atoms with Crippen molar-refractivity contribution in [1.29, 1.82) is 0 Å². The summed E-state index contributed by atoms with van der Waals surface area (Å²) >= 11 is 13.2. The van der Waals surface area contributed by atoms with Gasteiger partial charge in [-0.1, -0.05) is 54.1 Å². The van der Waals surface area contributed by atoms with Crippen LogP contribution in [0.2, 0.25) is 5.02 Å². The molecule has 1 saturated heterocycles. The SMILES string of the molecule is O=C1NC2C(CCC(c3ccccc3Cl)C2Cl)C(=O)N1c1cncc2ccccc12. The minimum atomic E-state index is -0.468. The third-order valence-corrected chi connectivity index (χ3v) is 7.09. The van der Waals surface area contributed by atoms with Crippen molar-refractivity contribution >= 4 is 51.6 Å². The van der Waals surface area contributed by atoms with E-state index in [1.165, 1.54) is 4.90 Å². The smallest absolute Gasteiger partial charge is 0.329 e. The number of anilines is 1. The van der Waals surface area contributed by atoms with Crippen molar-refractivity contribution in [2.24, 2.45) is 5.92 Å². The maximum Gasteiger partial charge on any atom is 0.329 e. The summed E-state index contributed by atoms with van der Waals surface area (Å²) in [4.78, 5) is 31.9. The fraction of sp³-hybridized carbons (Fsp3) is 0.261. The summed E-state index contributed by atoms with van der Waals surface area (Å²) in [6.07, 6.45) is 4.63. The number of carbonyl (C=O) groups excluding carboxylic acids is 2. The van der Waals surface area contributed by atoms with Gasteiger partial charge in [0.25, 0.3) is 0 Å². The summed E-state index contributed by atoms with van der Waals surface area (Å²) in [5, 5.41) is 4.90. The molecule has 3 amide bonds. The van der Waals surface area contributed by atoms with Gasteiger partial charge in [-0.05, 0) is 24.5 Å². The van der Waals surface area contributed by atoms with E-state index in [0.717, 1.165) is 22.8 Å². The van der Waals surface area contributed by atoms with Gasteiger partial charge in [0.1, 0.15) is 0 Å². The Morgan fingerprint density at radius 3 is 2.53 bits per heavy atom. The van der Waals surface area contributed by atoms with Crippen LogP contribution >= 0.6 is 23.2 Å². The summed E-state index contributed by atoms with van der Waals surface area (Å²) in [6.45, 7) is 0. The summed E-state index contributed by atoms with van der Waals surface area (Å²) in [7, 11) is 0. The molecule has 0 radical (unpaired) electrons. The molecule has 0 spiro atoms. The Hall–Kier alpha value is -2.63. The fourth-order valence-corrected chi connectivity index (χ4v) is 5.49. The normalized spacial score (nSPS) is 26.4. The second-order valence-electron chi connectivity index (χ2n) is 7.78. The van der Waals surface area contributed by atoms with Crippen LogP contribution in [0, 0.1) is 5.92 Å². The number of amides is 3. The quantitative estimate of drug-likeness (QED) is 0.563. The molecule has 5 nitrogen and oxygen atoms in total. The van der Waals surface area contributed by atoms with Gasteiger partial charge < -0.3 is 5.32 Å². The van der Waals surface area contributed by atoms with Gasteiger partial charge in [-0.3, -0.25) is 9.78 Å². The molecule has 2 heterocycles. The summed E-state index contributed by atoms with van der Waals surface area (Å²) in [6, 6.07) is 14.3. The molecule has 3 aromatic rings. The van der Waals surface area contributed by atoms with Crippen molar-refractivity contribution < 1.29 is 9.59 Å². The number of aromatic nitrogens is 1. The van der Waals surface area contributed by atoms with Crippen LogP contribution < -0.4 is 10.2 Å². The average molecular weight is 440 g/mol. The molecule has 1 aliphatic heterocycles. The van der Waals surface area contributed by atoms with Gasteiger partial charge in [-0.2, -0.15) is 0 Å². The molecule has 152 valence electrons. The van der Waals surface area contributed by atoms with E-state index in [0.29, 0.717) is 17.1 Å². The molecule has 1 N–H and O–H groups in total. The molecule has 2 aromatic carbocycles. The Labute approximate surface area is 184 Å². The van der Waals surface area contributed by atoms with E-state index in [1.807, 2.05) is 48.5 Å². The maximum atomic E-state index is 13.4. The van der Waals surface area contributed by atoms with Gasteiger partial charge in [0.15, 0.2) is 0 Å². The van der Waals surface area contributed by atoms with Crippen LogP contribution in [0.5, 0.6) is 0 Å². The summed E-state index contributed by atoms with van der Waals surface area (Å²) in [5.41, 5.74) is 1.45. The zero-order chi connectivity index (χ0) is 20.8. The fourth-order valence-electron chi connectivity index (χ4n) is 4.71.